The summed E-state index contributed by atoms with van der Waals surface area (Å²) >= 11 is 0. The highest BCUT2D eigenvalue weighted by Crippen LogP contribution is 2.22. The van der Waals surface area contributed by atoms with Crippen LogP contribution < -0.4 is 5.73 Å². The monoisotopic (exact) mass is 269 g/mol. The van der Waals surface area contributed by atoms with Gasteiger partial charge in [0, 0.05) is 18.8 Å². The average molecular weight is 270 g/mol. The predicted octanol–water partition coefficient (Wildman–Crippen LogP) is 1.74. The van der Waals surface area contributed by atoms with E-state index in [1.165, 1.54) is 0 Å². The number of pyridine rings is 1. The topological polar surface area (TPSA) is 59.2 Å². The first-order valence-electron chi connectivity index (χ1n) is 6.04. The molecule has 2 heterocycles. The van der Waals surface area contributed by atoms with Gasteiger partial charge < -0.3 is 10.6 Å². The molecule has 1 aliphatic heterocycles. The van der Waals surface area contributed by atoms with Crippen molar-refractivity contribution in [2.75, 3.05) is 18.8 Å². The molecule has 1 amide bonds. The van der Waals surface area contributed by atoms with E-state index >= 15 is 0 Å². The van der Waals surface area contributed by atoms with Crippen LogP contribution in [-0.2, 0) is 11.2 Å². The van der Waals surface area contributed by atoms with E-state index in [0.29, 0.717) is 23.9 Å². The summed E-state index contributed by atoms with van der Waals surface area (Å²) in [5.41, 5.74) is 6.98. The molecule has 0 radical (unpaired) electrons. The fourth-order valence-corrected chi connectivity index (χ4v) is 2.14. The van der Waals surface area contributed by atoms with Gasteiger partial charge in [-0.1, -0.05) is 13.8 Å². The summed E-state index contributed by atoms with van der Waals surface area (Å²) in [6.45, 7) is 6.13. The maximum Gasteiger partial charge on any atom is 0.228 e. The van der Waals surface area contributed by atoms with Crippen molar-refractivity contribution in [2.24, 2.45) is 11.8 Å². The van der Waals surface area contributed by atoms with Gasteiger partial charge in [0.05, 0.1) is 18.3 Å². The molecule has 1 saturated heterocycles. The van der Waals surface area contributed by atoms with Gasteiger partial charge in [0.25, 0.3) is 0 Å². The number of carbonyl (C=O) groups excluding carboxylic acids is 1. The van der Waals surface area contributed by atoms with Gasteiger partial charge in [-0.3, -0.25) is 9.78 Å². The number of likely N-dealkylation sites (tertiary alicyclic amines) is 1. The van der Waals surface area contributed by atoms with Crippen molar-refractivity contribution in [3.63, 3.8) is 0 Å². The van der Waals surface area contributed by atoms with Gasteiger partial charge in [0.1, 0.15) is 0 Å². The number of hydrogen-bond donors (Lipinski definition) is 1. The molecule has 0 aromatic carbocycles. The Bertz CT molecular complexity index is 397. The molecule has 2 rings (SSSR count). The molecule has 1 fully saturated rings. The average Bonchev–Trinajstić information content (AvgIpc) is 2.63. The Labute approximate surface area is 114 Å². The van der Waals surface area contributed by atoms with Crippen LogP contribution >= 0.6 is 12.4 Å². The number of amides is 1. The second-order valence-corrected chi connectivity index (χ2v) is 5.01. The van der Waals surface area contributed by atoms with Crippen LogP contribution in [0.25, 0.3) is 0 Å². The van der Waals surface area contributed by atoms with Gasteiger partial charge >= 0.3 is 0 Å². The largest absolute Gasteiger partial charge is 0.397 e. The molecule has 2 unspecified atom stereocenters. The van der Waals surface area contributed by atoms with E-state index < -0.39 is 0 Å². The van der Waals surface area contributed by atoms with E-state index in [1.54, 1.807) is 12.3 Å². The quantitative estimate of drug-likeness (QED) is 0.890. The zero-order valence-corrected chi connectivity index (χ0v) is 11.6. The van der Waals surface area contributed by atoms with Crippen LogP contribution in [0.1, 0.15) is 19.5 Å². The highest BCUT2D eigenvalue weighted by molar-refractivity contribution is 5.85. The Morgan fingerprint density at radius 1 is 1.39 bits per heavy atom. The van der Waals surface area contributed by atoms with Gasteiger partial charge in [-0.15, -0.1) is 12.4 Å². The SMILES string of the molecule is CC1CN(C(=O)Cc2ccc(N)cn2)CC1C.Cl. The standard InChI is InChI=1S/C13H19N3O.ClH/c1-9-7-16(8-10(9)2)13(17)5-12-4-3-11(14)6-15-12;/h3-4,6,9-10H,5,7-8,14H2,1-2H3;1H. The fourth-order valence-electron chi connectivity index (χ4n) is 2.14. The number of halogens is 1. The van der Waals surface area contributed by atoms with Crippen molar-refractivity contribution in [3.8, 4) is 0 Å². The van der Waals surface area contributed by atoms with E-state index in [2.05, 4.69) is 18.8 Å². The minimum Gasteiger partial charge on any atom is -0.397 e. The first-order chi connectivity index (χ1) is 8.06. The molecular formula is C13H20ClN3O. The molecule has 0 saturated carbocycles. The van der Waals surface area contributed by atoms with Gasteiger partial charge in [-0.25, -0.2) is 0 Å². The third-order valence-corrected chi connectivity index (χ3v) is 3.52. The third-order valence-electron chi connectivity index (χ3n) is 3.52. The molecule has 2 atom stereocenters. The Morgan fingerprint density at radius 2 is 2.00 bits per heavy atom. The molecule has 18 heavy (non-hydrogen) atoms. The lowest BCUT2D eigenvalue weighted by Gasteiger charge is -2.15. The van der Waals surface area contributed by atoms with Crippen molar-refractivity contribution in [1.82, 2.24) is 9.88 Å². The first-order valence-corrected chi connectivity index (χ1v) is 6.04. The fraction of sp³-hybridized carbons (Fsp3) is 0.538. The van der Waals surface area contributed by atoms with E-state index in [0.717, 1.165) is 18.8 Å². The number of nitrogens with zero attached hydrogens (tertiary/aromatic N) is 2. The van der Waals surface area contributed by atoms with Crippen LogP contribution in [-0.4, -0.2) is 28.9 Å². The van der Waals surface area contributed by atoms with Gasteiger partial charge in [-0.05, 0) is 24.0 Å². The number of aromatic nitrogens is 1. The van der Waals surface area contributed by atoms with E-state index in [-0.39, 0.29) is 18.3 Å². The Balaban J connectivity index is 0.00000162. The van der Waals surface area contributed by atoms with Gasteiger partial charge in [-0.2, -0.15) is 0 Å². The van der Waals surface area contributed by atoms with Crippen LogP contribution in [0.5, 0.6) is 0 Å². The van der Waals surface area contributed by atoms with Crippen molar-refractivity contribution >= 4 is 24.0 Å². The highest BCUT2D eigenvalue weighted by atomic mass is 35.5. The Morgan fingerprint density at radius 3 is 2.50 bits per heavy atom. The lowest BCUT2D eigenvalue weighted by Crippen LogP contribution is -2.30. The van der Waals surface area contributed by atoms with Crippen molar-refractivity contribution in [1.29, 1.82) is 0 Å². The number of anilines is 1. The summed E-state index contributed by atoms with van der Waals surface area (Å²) in [5.74, 6) is 1.36. The number of rotatable bonds is 2. The minimum atomic E-state index is 0. The van der Waals surface area contributed by atoms with Crippen LogP contribution in [0.2, 0.25) is 0 Å². The molecule has 1 aromatic heterocycles. The van der Waals surface area contributed by atoms with Crippen molar-refractivity contribution in [3.05, 3.63) is 24.0 Å². The summed E-state index contributed by atoms with van der Waals surface area (Å²) in [7, 11) is 0. The molecule has 1 aromatic rings. The summed E-state index contributed by atoms with van der Waals surface area (Å²) in [5, 5.41) is 0. The molecular weight excluding hydrogens is 250 g/mol. The number of hydrogen-bond acceptors (Lipinski definition) is 3. The molecule has 5 heteroatoms. The Hall–Kier alpha value is -1.29. The number of nitrogen functional groups attached to an aromatic ring is 1. The number of carbonyl (C=O) groups is 1. The van der Waals surface area contributed by atoms with Crippen molar-refractivity contribution < 1.29 is 4.79 Å². The molecule has 1 aliphatic rings. The molecule has 2 N–H and O–H groups in total. The predicted molar refractivity (Wildman–Crippen MR) is 74.5 cm³/mol. The zero-order valence-electron chi connectivity index (χ0n) is 10.8. The molecule has 0 spiro atoms. The highest BCUT2D eigenvalue weighted by Gasteiger charge is 2.29. The minimum absolute atomic E-state index is 0. The van der Waals surface area contributed by atoms with Crippen LogP contribution in [0.3, 0.4) is 0 Å². The maximum absolute atomic E-state index is 12.0. The zero-order chi connectivity index (χ0) is 12.4. The Kier molecular flexibility index (Phi) is 4.96. The second-order valence-electron chi connectivity index (χ2n) is 5.01. The number of nitrogens with two attached hydrogens (primary N) is 1. The first kappa shape index (κ1) is 14.8. The lowest BCUT2D eigenvalue weighted by molar-refractivity contribution is -0.129. The lowest BCUT2D eigenvalue weighted by atomic mass is 10.0. The van der Waals surface area contributed by atoms with Crippen molar-refractivity contribution in [2.45, 2.75) is 20.3 Å². The third kappa shape index (κ3) is 3.35. The summed E-state index contributed by atoms with van der Waals surface area (Å²) in [4.78, 5) is 18.1. The summed E-state index contributed by atoms with van der Waals surface area (Å²) < 4.78 is 0. The maximum atomic E-state index is 12.0. The van der Waals surface area contributed by atoms with Crippen LogP contribution in [0.15, 0.2) is 18.3 Å². The van der Waals surface area contributed by atoms with Crippen LogP contribution in [0.4, 0.5) is 5.69 Å². The molecule has 0 bridgehead atoms. The van der Waals surface area contributed by atoms with Gasteiger partial charge in [0.15, 0.2) is 0 Å². The molecule has 100 valence electrons. The van der Waals surface area contributed by atoms with E-state index in [9.17, 15) is 4.79 Å². The summed E-state index contributed by atoms with van der Waals surface area (Å²) in [6, 6.07) is 3.60. The van der Waals surface area contributed by atoms with Gasteiger partial charge in [0.2, 0.25) is 5.91 Å². The normalized spacial score (nSPS) is 22.7. The van der Waals surface area contributed by atoms with E-state index in [4.69, 9.17) is 5.73 Å². The second kappa shape index (κ2) is 6.05. The smallest absolute Gasteiger partial charge is 0.228 e. The molecule has 0 aliphatic carbocycles. The van der Waals surface area contributed by atoms with E-state index in [1.807, 2.05) is 11.0 Å². The van der Waals surface area contributed by atoms with Crippen LogP contribution in [0, 0.1) is 11.8 Å². The summed E-state index contributed by atoms with van der Waals surface area (Å²) in [6.07, 6.45) is 1.97. The molecule has 4 nitrogen and oxygen atoms in total.